The van der Waals surface area contributed by atoms with Crippen molar-refractivity contribution < 1.29 is 19.3 Å². The molecule has 0 bridgehead atoms. The van der Waals surface area contributed by atoms with Crippen LogP contribution >= 0.6 is 0 Å². The minimum Gasteiger partial charge on any atom is -0.390 e. The number of hydrogen-bond donors (Lipinski definition) is 1. The second-order valence-electron chi connectivity index (χ2n) is 4.58. The minimum absolute atomic E-state index is 0.216. The number of rotatable bonds is 4. The van der Waals surface area contributed by atoms with Gasteiger partial charge in [0, 0.05) is 13.5 Å². The van der Waals surface area contributed by atoms with E-state index in [2.05, 4.69) is 0 Å². The lowest BCUT2D eigenvalue weighted by molar-refractivity contribution is -0.264. The van der Waals surface area contributed by atoms with Crippen molar-refractivity contribution in [1.82, 2.24) is 0 Å². The first kappa shape index (κ1) is 13.5. The maximum absolute atomic E-state index is 9.80. The lowest BCUT2D eigenvalue weighted by Crippen LogP contribution is -2.47. The number of benzene rings is 1. The Balaban J connectivity index is 1.91. The lowest BCUT2D eigenvalue weighted by atomic mass is 10.0. The molecule has 1 saturated heterocycles. The van der Waals surface area contributed by atoms with Crippen LogP contribution in [0.3, 0.4) is 0 Å². The van der Waals surface area contributed by atoms with Gasteiger partial charge in [0.15, 0.2) is 6.29 Å². The molecule has 1 fully saturated rings. The fourth-order valence-corrected chi connectivity index (χ4v) is 2.06. The molecule has 4 atom stereocenters. The fraction of sp³-hybridized carbons (Fsp3) is 0.571. The summed E-state index contributed by atoms with van der Waals surface area (Å²) in [5.74, 6) is 0. The molecule has 0 spiro atoms. The first-order chi connectivity index (χ1) is 8.70. The zero-order valence-corrected chi connectivity index (χ0v) is 10.8. The molecule has 1 N–H and O–H groups in total. The van der Waals surface area contributed by atoms with Gasteiger partial charge in [-0.15, -0.1) is 0 Å². The fourth-order valence-electron chi connectivity index (χ4n) is 2.06. The van der Waals surface area contributed by atoms with Crippen molar-refractivity contribution in [3.8, 4) is 0 Å². The molecule has 0 unspecified atom stereocenters. The summed E-state index contributed by atoms with van der Waals surface area (Å²) in [6.45, 7) is 2.33. The van der Waals surface area contributed by atoms with Crippen molar-refractivity contribution in [3.63, 3.8) is 0 Å². The topological polar surface area (TPSA) is 47.9 Å². The van der Waals surface area contributed by atoms with Gasteiger partial charge in [0.2, 0.25) is 0 Å². The summed E-state index contributed by atoms with van der Waals surface area (Å²) in [7, 11) is 1.59. The molecule has 1 aromatic carbocycles. The van der Waals surface area contributed by atoms with E-state index in [9.17, 15) is 5.11 Å². The van der Waals surface area contributed by atoms with Crippen LogP contribution in [-0.2, 0) is 20.8 Å². The van der Waals surface area contributed by atoms with E-state index in [1.165, 1.54) is 0 Å². The predicted octanol–water partition coefficient (Wildman–Crippen LogP) is 1.71. The van der Waals surface area contributed by atoms with Crippen LogP contribution in [0, 0.1) is 0 Å². The smallest absolute Gasteiger partial charge is 0.183 e. The van der Waals surface area contributed by atoms with Crippen LogP contribution in [0.4, 0.5) is 0 Å². The van der Waals surface area contributed by atoms with Gasteiger partial charge >= 0.3 is 0 Å². The maximum atomic E-state index is 9.80. The van der Waals surface area contributed by atoms with Gasteiger partial charge in [-0.1, -0.05) is 30.3 Å². The first-order valence-corrected chi connectivity index (χ1v) is 6.22. The van der Waals surface area contributed by atoms with E-state index in [1.54, 1.807) is 7.11 Å². The van der Waals surface area contributed by atoms with E-state index >= 15 is 0 Å². The van der Waals surface area contributed by atoms with E-state index in [-0.39, 0.29) is 12.2 Å². The van der Waals surface area contributed by atoms with Crippen molar-refractivity contribution in [2.24, 2.45) is 0 Å². The summed E-state index contributed by atoms with van der Waals surface area (Å²) < 4.78 is 16.6. The largest absolute Gasteiger partial charge is 0.390 e. The summed E-state index contributed by atoms with van der Waals surface area (Å²) in [5, 5.41) is 9.80. The SMILES string of the molecule is CO[C@H]1O[C@H](C)[C@@H](O)C[C@H]1OCc1ccccc1. The Morgan fingerprint density at radius 3 is 2.72 bits per heavy atom. The molecule has 2 rings (SSSR count). The summed E-state index contributed by atoms with van der Waals surface area (Å²) in [6.07, 6.45) is -0.829. The maximum Gasteiger partial charge on any atom is 0.183 e. The van der Waals surface area contributed by atoms with Gasteiger partial charge in [0.1, 0.15) is 6.10 Å². The van der Waals surface area contributed by atoms with E-state index in [4.69, 9.17) is 14.2 Å². The van der Waals surface area contributed by atoms with Crippen molar-refractivity contribution in [1.29, 1.82) is 0 Å². The predicted molar refractivity (Wildman–Crippen MR) is 67.0 cm³/mol. The van der Waals surface area contributed by atoms with Gasteiger partial charge in [-0.2, -0.15) is 0 Å². The van der Waals surface area contributed by atoms with Gasteiger partial charge in [0.05, 0.1) is 18.8 Å². The third-order valence-electron chi connectivity index (χ3n) is 3.21. The molecule has 100 valence electrons. The monoisotopic (exact) mass is 252 g/mol. The molecule has 0 saturated carbocycles. The summed E-state index contributed by atoms with van der Waals surface area (Å²) in [4.78, 5) is 0. The molecule has 0 radical (unpaired) electrons. The molecule has 1 heterocycles. The van der Waals surface area contributed by atoms with Gasteiger partial charge in [-0.05, 0) is 12.5 Å². The molecular weight excluding hydrogens is 232 g/mol. The van der Waals surface area contributed by atoms with Crippen LogP contribution in [0.25, 0.3) is 0 Å². The molecule has 4 nitrogen and oxygen atoms in total. The van der Waals surface area contributed by atoms with Crippen molar-refractivity contribution in [2.75, 3.05) is 7.11 Å². The van der Waals surface area contributed by atoms with Gasteiger partial charge in [-0.25, -0.2) is 0 Å². The number of aliphatic hydroxyl groups is 1. The van der Waals surface area contributed by atoms with Crippen molar-refractivity contribution in [3.05, 3.63) is 35.9 Å². The second-order valence-corrected chi connectivity index (χ2v) is 4.58. The van der Waals surface area contributed by atoms with Crippen LogP contribution < -0.4 is 0 Å². The second kappa shape index (κ2) is 6.29. The molecule has 1 aliphatic heterocycles. The molecule has 0 aliphatic carbocycles. The Hall–Kier alpha value is -0.940. The van der Waals surface area contributed by atoms with E-state index in [1.807, 2.05) is 37.3 Å². The van der Waals surface area contributed by atoms with Gasteiger partial charge < -0.3 is 19.3 Å². The Morgan fingerprint density at radius 1 is 1.33 bits per heavy atom. The van der Waals surface area contributed by atoms with Crippen LogP contribution in [0.15, 0.2) is 30.3 Å². The van der Waals surface area contributed by atoms with Gasteiger partial charge in [0.25, 0.3) is 0 Å². The highest BCUT2D eigenvalue weighted by atomic mass is 16.7. The summed E-state index contributed by atoms with van der Waals surface area (Å²) >= 11 is 0. The lowest BCUT2D eigenvalue weighted by Gasteiger charge is -2.37. The average Bonchev–Trinajstić information content (AvgIpc) is 2.41. The van der Waals surface area contributed by atoms with E-state index in [0.717, 1.165) is 5.56 Å². The standard InChI is InChI=1S/C14H20O4/c1-10-12(15)8-13(14(16-2)18-10)17-9-11-6-4-3-5-7-11/h3-7,10,12-15H,8-9H2,1-2H3/t10-,12+,13-,14+/m1/s1. The molecule has 1 aliphatic rings. The third-order valence-corrected chi connectivity index (χ3v) is 3.21. The number of aliphatic hydroxyl groups excluding tert-OH is 1. The normalized spacial score (nSPS) is 32.4. The van der Waals surface area contributed by atoms with Crippen molar-refractivity contribution in [2.45, 2.75) is 44.6 Å². The van der Waals surface area contributed by atoms with Crippen LogP contribution in [0.5, 0.6) is 0 Å². The number of ether oxygens (including phenoxy) is 3. The van der Waals surface area contributed by atoms with Crippen LogP contribution in [-0.4, -0.2) is 36.8 Å². The zero-order valence-electron chi connectivity index (χ0n) is 10.8. The van der Waals surface area contributed by atoms with E-state index < -0.39 is 12.4 Å². The molecular formula is C14H20O4. The molecule has 0 aromatic heterocycles. The minimum atomic E-state index is -0.503. The van der Waals surface area contributed by atoms with Crippen molar-refractivity contribution >= 4 is 0 Å². The Labute approximate surface area is 107 Å². The quantitative estimate of drug-likeness (QED) is 0.886. The third kappa shape index (κ3) is 3.29. The molecule has 1 aromatic rings. The molecule has 0 amide bonds. The summed E-state index contributed by atoms with van der Waals surface area (Å²) in [6, 6.07) is 9.92. The molecule has 18 heavy (non-hydrogen) atoms. The Morgan fingerprint density at radius 2 is 2.06 bits per heavy atom. The zero-order chi connectivity index (χ0) is 13.0. The highest BCUT2D eigenvalue weighted by Crippen LogP contribution is 2.23. The first-order valence-electron chi connectivity index (χ1n) is 6.22. The highest BCUT2D eigenvalue weighted by Gasteiger charge is 2.35. The average molecular weight is 252 g/mol. The van der Waals surface area contributed by atoms with Crippen LogP contribution in [0.2, 0.25) is 0 Å². The molecule has 4 heteroatoms. The highest BCUT2D eigenvalue weighted by molar-refractivity contribution is 5.13. The Bertz CT molecular complexity index is 354. The van der Waals surface area contributed by atoms with Gasteiger partial charge in [-0.3, -0.25) is 0 Å². The van der Waals surface area contributed by atoms with E-state index in [0.29, 0.717) is 13.0 Å². The number of hydrogen-bond acceptors (Lipinski definition) is 4. The number of methoxy groups -OCH3 is 1. The van der Waals surface area contributed by atoms with Crippen LogP contribution in [0.1, 0.15) is 18.9 Å². The summed E-state index contributed by atoms with van der Waals surface area (Å²) in [5.41, 5.74) is 1.10. The Kier molecular flexibility index (Phi) is 4.72.